The standard InChI is InChI=1S/C24H26N4O4S/c1-32-23-9-5-4-8-21(23)26-11-13-27(14-12-26)22(16-25-24(29)18-10-15-33-17-18)19-6-2-3-7-20(19)28(30)31/h2-10,15,17,22H,11-14,16H2,1H3,(H,25,29). The zero-order chi connectivity index (χ0) is 23.2. The summed E-state index contributed by atoms with van der Waals surface area (Å²) in [4.78, 5) is 28.4. The van der Waals surface area contributed by atoms with Crippen LogP contribution in [0.5, 0.6) is 5.75 Å². The van der Waals surface area contributed by atoms with Crippen molar-refractivity contribution in [1.29, 1.82) is 0 Å². The Kier molecular flexibility index (Phi) is 7.21. The number of hydrogen-bond acceptors (Lipinski definition) is 7. The number of piperazine rings is 1. The Labute approximate surface area is 196 Å². The number of amides is 1. The third-order valence-electron chi connectivity index (χ3n) is 5.91. The quantitative estimate of drug-likeness (QED) is 0.399. The Morgan fingerprint density at radius 2 is 1.85 bits per heavy atom. The summed E-state index contributed by atoms with van der Waals surface area (Å²) in [6.07, 6.45) is 0. The van der Waals surface area contributed by atoms with Gasteiger partial charge in [-0.15, -0.1) is 0 Å². The Hall–Kier alpha value is -3.43. The summed E-state index contributed by atoms with van der Waals surface area (Å²) < 4.78 is 5.51. The van der Waals surface area contributed by atoms with E-state index in [4.69, 9.17) is 4.74 Å². The Bertz CT molecular complexity index is 1100. The summed E-state index contributed by atoms with van der Waals surface area (Å²) >= 11 is 1.46. The highest BCUT2D eigenvalue weighted by molar-refractivity contribution is 7.08. The lowest BCUT2D eigenvalue weighted by Gasteiger charge is -2.40. The van der Waals surface area contributed by atoms with Gasteiger partial charge in [0.2, 0.25) is 0 Å². The van der Waals surface area contributed by atoms with Gasteiger partial charge in [-0.3, -0.25) is 19.8 Å². The maximum absolute atomic E-state index is 12.6. The number of thiophene rings is 1. The van der Waals surface area contributed by atoms with E-state index in [0.29, 0.717) is 24.2 Å². The van der Waals surface area contributed by atoms with Crippen LogP contribution < -0.4 is 15.0 Å². The van der Waals surface area contributed by atoms with Crippen LogP contribution in [-0.4, -0.2) is 55.6 Å². The zero-order valence-corrected chi connectivity index (χ0v) is 19.2. The highest BCUT2D eigenvalue weighted by atomic mass is 32.1. The normalized spacial score (nSPS) is 15.1. The van der Waals surface area contributed by atoms with Crippen LogP contribution in [0.2, 0.25) is 0 Å². The van der Waals surface area contributed by atoms with E-state index < -0.39 is 0 Å². The highest BCUT2D eigenvalue weighted by Crippen LogP contribution is 2.32. The van der Waals surface area contributed by atoms with Crippen molar-refractivity contribution < 1.29 is 14.5 Å². The molecule has 1 amide bonds. The Morgan fingerprint density at radius 3 is 2.55 bits per heavy atom. The van der Waals surface area contributed by atoms with Crippen LogP contribution in [0.15, 0.2) is 65.4 Å². The van der Waals surface area contributed by atoms with Crippen molar-refractivity contribution in [2.24, 2.45) is 0 Å². The molecule has 3 aromatic rings. The summed E-state index contributed by atoms with van der Waals surface area (Å²) in [6, 6.07) is 16.1. The molecule has 1 unspecified atom stereocenters. The maximum atomic E-state index is 12.6. The van der Waals surface area contributed by atoms with Gasteiger partial charge in [0.1, 0.15) is 5.75 Å². The highest BCUT2D eigenvalue weighted by Gasteiger charge is 2.30. The van der Waals surface area contributed by atoms with Gasteiger partial charge in [-0.25, -0.2) is 0 Å². The summed E-state index contributed by atoms with van der Waals surface area (Å²) in [5.41, 5.74) is 2.31. The van der Waals surface area contributed by atoms with Crippen LogP contribution in [-0.2, 0) is 0 Å². The summed E-state index contributed by atoms with van der Waals surface area (Å²) in [5.74, 6) is 0.650. The van der Waals surface area contributed by atoms with Gasteiger partial charge in [0.15, 0.2) is 0 Å². The fourth-order valence-corrected chi connectivity index (χ4v) is 4.86. The summed E-state index contributed by atoms with van der Waals surface area (Å²) in [6.45, 7) is 3.17. The van der Waals surface area contributed by atoms with Crippen molar-refractivity contribution in [3.8, 4) is 5.75 Å². The number of benzene rings is 2. The van der Waals surface area contributed by atoms with Crippen LogP contribution in [0.3, 0.4) is 0 Å². The van der Waals surface area contributed by atoms with Crippen molar-refractivity contribution in [1.82, 2.24) is 10.2 Å². The van der Waals surface area contributed by atoms with Crippen LogP contribution in [0.4, 0.5) is 11.4 Å². The summed E-state index contributed by atoms with van der Waals surface area (Å²) in [7, 11) is 1.66. The van der Waals surface area contributed by atoms with Crippen molar-refractivity contribution in [3.05, 3.63) is 86.6 Å². The number of nitro groups is 1. The fourth-order valence-electron chi connectivity index (χ4n) is 4.22. The van der Waals surface area contributed by atoms with E-state index in [1.165, 1.54) is 17.4 Å². The molecule has 1 aromatic heterocycles. The molecule has 9 heteroatoms. The Balaban J connectivity index is 1.54. The number of hydrogen-bond donors (Lipinski definition) is 1. The second-order valence-corrected chi connectivity index (χ2v) is 8.53. The van der Waals surface area contributed by atoms with Crippen LogP contribution >= 0.6 is 11.3 Å². The lowest BCUT2D eigenvalue weighted by Crippen LogP contribution is -2.50. The van der Waals surface area contributed by atoms with Crippen molar-refractivity contribution in [2.75, 3.05) is 44.7 Å². The minimum Gasteiger partial charge on any atom is -0.495 e. The number of nitrogens with zero attached hydrogens (tertiary/aromatic N) is 3. The average Bonchev–Trinajstić information content (AvgIpc) is 3.40. The molecular formula is C24H26N4O4S. The predicted molar refractivity (Wildman–Crippen MR) is 129 cm³/mol. The van der Waals surface area contributed by atoms with Crippen LogP contribution in [0.1, 0.15) is 22.0 Å². The predicted octanol–water partition coefficient (Wildman–Crippen LogP) is 3.96. The van der Waals surface area contributed by atoms with E-state index in [9.17, 15) is 14.9 Å². The second kappa shape index (κ2) is 10.5. The number of ether oxygens (including phenoxy) is 1. The van der Waals surface area contributed by atoms with E-state index in [-0.39, 0.29) is 29.1 Å². The molecule has 1 fully saturated rings. The van der Waals surface area contributed by atoms with Crippen LogP contribution in [0, 0.1) is 10.1 Å². The molecule has 172 valence electrons. The van der Waals surface area contributed by atoms with E-state index in [0.717, 1.165) is 24.5 Å². The lowest BCUT2D eigenvalue weighted by atomic mass is 10.0. The number of methoxy groups -OCH3 is 1. The second-order valence-electron chi connectivity index (χ2n) is 7.75. The number of nitrogens with one attached hydrogen (secondary N) is 1. The first-order valence-electron chi connectivity index (χ1n) is 10.7. The molecule has 1 N–H and O–H groups in total. The minimum absolute atomic E-state index is 0.0689. The van der Waals surface area contributed by atoms with Gasteiger partial charge >= 0.3 is 0 Å². The molecule has 1 aliphatic heterocycles. The molecule has 0 saturated carbocycles. The number of nitro benzene ring substituents is 1. The fraction of sp³-hybridized carbons (Fsp3) is 0.292. The van der Waals surface area contributed by atoms with Gasteiger partial charge in [0.05, 0.1) is 23.8 Å². The Morgan fingerprint density at radius 1 is 1.12 bits per heavy atom. The van der Waals surface area contributed by atoms with Gasteiger partial charge < -0.3 is 15.0 Å². The topological polar surface area (TPSA) is 88.0 Å². The first kappa shape index (κ1) is 22.8. The molecule has 2 heterocycles. The first-order chi connectivity index (χ1) is 16.1. The molecule has 4 rings (SSSR count). The third-order valence-corrected chi connectivity index (χ3v) is 6.60. The monoisotopic (exact) mass is 466 g/mol. The van der Waals surface area contributed by atoms with E-state index in [1.54, 1.807) is 36.8 Å². The molecular weight excluding hydrogens is 440 g/mol. The molecule has 8 nitrogen and oxygen atoms in total. The number of rotatable bonds is 8. The molecule has 1 aliphatic rings. The van der Waals surface area contributed by atoms with Gasteiger partial charge in [0, 0.05) is 55.3 Å². The molecule has 1 saturated heterocycles. The first-order valence-corrected chi connectivity index (χ1v) is 11.7. The van der Waals surface area contributed by atoms with E-state index in [2.05, 4.69) is 15.1 Å². The molecule has 0 radical (unpaired) electrons. The number of para-hydroxylation sites is 3. The third kappa shape index (κ3) is 5.15. The lowest BCUT2D eigenvalue weighted by molar-refractivity contribution is -0.386. The van der Waals surface area contributed by atoms with Crippen molar-refractivity contribution in [3.63, 3.8) is 0 Å². The largest absolute Gasteiger partial charge is 0.495 e. The van der Waals surface area contributed by atoms with Crippen molar-refractivity contribution in [2.45, 2.75) is 6.04 Å². The van der Waals surface area contributed by atoms with Gasteiger partial charge in [-0.2, -0.15) is 11.3 Å². The molecule has 0 aliphatic carbocycles. The number of anilines is 1. The number of carbonyl (C=O) groups is 1. The SMILES string of the molecule is COc1ccccc1N1CCN(C(CNC(=O)c2ccsc2)c2ccccc2[N+](=O)[O-])CC1. The zero-order valence-electron chi connectivity index (χ0n) is 18.3. The molecule has 1 atom stereocenters. The molecule has 33 heavy (non-hydrogen) atoms. The smallest absolute Gasteiger partial charge is 0.274 e. The average molecular weight is 467 g/mol. The van der Waals surface area contributed by atoms with E-state index in [1.807, 2.05) is 29.6 Å². The molecule has 2 aromatic carbocycles. The van der Waals surface area contributed by atoms with Gasteiger partial charge in [-0.1, -0.05) is 30.3 Å². The van der Waals surface area contributed by atoms with Gasteiger partial charge in [0.25, 0.3) is 11.6 Å². The van der Waals surface area contributed by atoms with E-state index >= 15 is 0 Å². The van der Waals surface area contributed by atoms with Crippen LogP contribution in [0.25, 0.3) is 0 Å². The maximum Gasteiger partial charge on any atom is 0.274 e. The molecule has 0 bridgehead atoms. The minimum atomic E-state index is -0.353. The summed E-state index contributed by atoms with van der Waals surface area (Å²) in [5, 5.41) is 18.3. The van der Waals surface area contributed by atoms with Gasteiger partial charge in [-0.05, 0) is 23.6 Å². The van der Waals surface area contributed by atoms with Crippen molar-refractivity contribution >= 4 is 28.6 Å². The number of carbonyl (C=O) groups excluding carboxylic acids is 1. The molecule has 0 spiro atoms.